The largest absolute Gasteiger partial charge is 0.491 e. The molecular formula is C48H30N2O. The first-order chi connectivity index (χ1) is 25.3. The molecule has 8 aromatic carbocycles. The quantitative estimate of drug-likeness (QED) is 0.0777. The lowest BCUT2D eigenvalue weighted by Gasteiger charge is -2.22. The van der Waals surface area contributed by atoms with Gasteiger partial charge in [0.05, 0.1) is 17.7 Å². The van der Waals surface area contributed by atoms with Crippen LogP contribution in [0.2, 0.25) is 0 Å². The van der Waals surface area contributed by atoms with Gasteiger partial charge in [-0.25, -0.2) is 0 Å². The Labute approximate surface area is 295 Å². The molecule has 0 saturated carbocycles. The first kappa shape index (κ1) is 29.3. The summed E-state index contributed by atoms with van der Waals surface area (Å²) in [6, 6.07) is 39.1. The molecule has 0 aliphatic carbocycles. The number of ether oxygens (including phenoxy) is 1. The van der Waals surface area contributed by atoms with Crippen LogP contribution in [0, 0.1) is 23.7 Å². The van der Waals surface area contributed by atoms with E-state index in [0.717, 1.165) is 47.3 Å². The third kappa shape index (κ3) is 4.94. The van der Waals surface area contributed by atoms with E-state index in [4.69, 9.17) is 4.74 Å². The Morgan fingerprint density at radius 2 is 0.922 bits per heavy atom. The molecule has 0 aliphatic heterocycles. The van der Waals surface area contributed by atoms with Crippen LogP contribution in [0.15, 0.2) is 134 Å². The Bertz CT molecular complexity index is 2860. The third-order valence-electron chi connectivity index (χ3n) is 10.2. The van der Waals surface area contributed by atoms with Crippen molar-refractivity contribution in [3.05, 3.63) is 162 Å². The summed E-state index contributed by atoms with van der Waals surface area (Å²) in [5.41, 5.74) is 4.85. The van der Waals surface area contributed by atoms with Gasteiger partial charge >= 0.3 is 0 Å². The number of para-hydroxylation sites is 1. The van der Waals surface area contributed by atoms with Crippen molar-refractivity contribution in [3.63, 3.8) is 0 Å². The van der Waals surface area contributed by atoms with Crippen LogP contribution in [0.5, 0.6) is 5.75 Å². The number of rotatable bonds is 6. The molecule has 51 heavy (non-hydrogen) atoms. The number of aryl methyl sites for hydroxylation is 1. The Morgan fingerprint density at radius 3 is 1.47 bits per heavy atom. The van der Waals surface area contributed by atoms with Crippen LogP contribution >= 0.6 is 0 Å². The van der Waals surface area contributed by atoms with E-state index in [0.29, 0.717) is 6.61 Å². The van der Waals surface area contributed by atoms with Gasteiger partial charge in [-0.3, -0.25) is 9.97 Å². The van der Waals surface area contributed by atoms with Crippen LogP contribution < -0.4 is 4.74 Å². The molecule has 3 heteroatoms. The number of aromatic nitrogens is 2. The van der Waals surface area contributed by atoms with Gasteiger partial charge in [-0.05, 0) is 126 Å². The number of nitrogens with zero attached hydrogens (tertiary/aromatic N) is 2. The van der Waals surface area contributed by atoms with Crippen LogP contribution in [-0.4, -0.2) is 16.6 Å². The SMILES string of the molecule is C(#Cc1cccc(C#Cc2ccncc2)c1OCCCCc1cc2ccc3ccc4ccc5ccc6ccc1c1c6c5c4c3c21)c1ccncc1. The van der Waals surface area contributed by atoms with Crippen molar-refractivity contribution in [1.82, 2.24) is 9.97 Å². The summed E-state index contributed by atoms with van der Waals surface area (Å²) in [6.45, 7) is 0.572. The van der Waals surface area contributed by atoms with Crippen molar-refractivity contribution in [2.75, 3.05) is 6.61 Å². The van der Waals surface area contributed by atoms with E-state index in [1.165, 1.54) is 70.2 Å². The summed E-state index contributed by atoms with van der Waals surface area (Å²) in [6.07, 6.45) is 9.90. The zero-order valence-corrected chi connectivity index (χ0v) is 27.8. The maximum absolute atomic E-state index is 6.55. The zero-order valence-electron chi connectivity index (χ0n) is 27.8. The Morgan fingerprint density at radius 1 is 0.451 bits per heavy atom. The first-order valence-corrected chi connectivity index (χ1v) is 17.5. The Balaban J connectivity index is 0.969. The fraction of sp³-hybridized carbons (Fsp3) is 0.0833. The lowest BCUT2D eigenvalue weighted by atomic mass is 9.81. The van der Waals surface area contributed by atoms with Gasteiger partial charge in [-0.1, -0.05) is 96.5 Å². The van der Waals surface area contributed by atoms with Gasteiger partial charge in [0.15, 0.2) is 5.75 Å². The summed E-state index contributed by atoms with van der Waals surface area (Å²) in [7, 11) is 0. The average Bonchev–Trinajstić information content (AvgIpc) is 3.19. The van der Waals surface area contributed by atoms with Crippen molar-refractivity contribution in [3.8, 4) is 29.4 Å². The maximum atomic E-state index is 6.55. The molecule has 10 aromatic rings. The molecule has 0 bridgehead atoms. The number of hydrogen-bond donors (Lipinski definition) is 0. The molecule has 0 radical (unpaired) electrons. The lowest BCUT2D eigenvalue weighted by molar-refractivity contribution is 0.305. The summed E-state index contributed by atoms with van der Waals surface area (Å²) in [4.78, 5) is 8.23. The molecule has 0 aliphatic rings. The molecule has 238 valence electrons. The lowest BCUT2D eigenvalue weighted by Crippen LogP contribution is -2.02. The van der Waals surface area contributed by atoms with Crippen LogP contribution in [0.1, 0.15) is 40.7 Å². The van der Waals surface area contributed by atoms with Crippen molar-refractivity contribution in [1.29, 1.82) is 0 Å². The van der Waals surface area contributed by atoms with Crippen molar-refractivity contribution >= 4 is 64.6 Å². The monoisotopic (exact) mass is 650 g/mol. The highest BCUT2D eigenvalue weighted by molar-refractivity contribution is 6.44. The minimum Gasteiger partial charge on any atom is -0.491 e. The second-order valence-corrected chi connectivity index (χ2v) is 13.2. The van der Waals surface area contributed by atoms with Crippen LogP contribution in [0.3, 0.4) is 0 Å². The molecule has 0 fully saturated rings. The number of pyridine rings is 2. The molecule has 3 nitrogen and oxygen atoms in total. The van der Waals surface area contributed by atoms with Gasteiger partial charge in [-0.2, -0.15) is 0 Å². The second kappa shape index (κ2) is 12.0. The van der Waals surface area contributed by atoms with Gasteiger partial charge in [0.1, 0.15) is 0 Å². The highest BCUT2D eigenvalue weighted by atomic mass is 16.5. The smallest absolute Gasteiger partial charge is 0.150 e. The van der Waals surface area contributed by atoms with Crippen molar-refractivity contribution < 1.29 is 4.74 Å². The third-order valence-corrected chi connectivity index (χ3v) is 10.2. The van der Waals surface area contributed by atoms with Gasteiger partial charge in [-0.15, -0.1) is 0 Å². The Kier molecular flexibility index (Phi) is 6.90. The minimum absolute atomic E-state index is 0.572. The molecule has 0 saturated heterocycles. The highest BCUT2D eigenvalue weighted by Gasteiger charge is 2.21. The van der Waals surface area contributed by atoms with E-state index in [1.54, 1.807) is 24.8 Å². The average molecular weight is 651 g/mol. The van der Waals surface area contributed by atoms with Gasteiger partial charge < -0.3 is 4.74 Å². The zero-order chi connectivity index (χ0) is 33.7. The van der Waals surface area contributed by atoms with Crippen molar-refractivity contribution in [2.45, 2.75) is 19.3 Å². The van der Waals surface area contributed by atoms with Gasteiger partial charge in [0, 0.05) is 35.9 Å². The normalized spacial score (nSPS) is 11.5. The van der Waals surface area contributed by atoms with E-state index in [1.807, 2.05) is 42.5 Å². The molecule has 0 spiro atoms. The fourth-order valence-electron chi connectivity index (χ4n) is 7.90. The van der Waals surface area contributed by atoms with E-state index >= 15 is 0 Å². The maximum Gasteiger partial charge on any atom is 0.150 e. The molecule has 10 rings (SSSR count). The minimum atomic E-state index is 0.572. The molecule has 0 N–H and O–H groups in total. The van der Waals surface area contributed by atoms with E-state index in [-0.39, 0.29) is 0 Å². The predicted octanol–water partition coefficient (Wildman–Crippen LogP) is 10.9. The predicted molar refractivity (Wildman–Crippen MR) is 210 cm³/mol. The molecule has 0 amide bonds. The summed E-state index contributed by atoms with van der Waals surface area (Å²) in [5, 5.41) is 16.4. The standard InChI is InChI=1S/C48H30N2O/c1(2-29-51-48-37(9-7-31-21-25-49-26-22-31)5-3-6-38(48)10-8-32-23-27-50-28-24-32)4-39-30-40-18-17-35-14-12-33-11-13-34-15-16-36-19-20-41(39)47-45(36)43(34)42(33)44(35)46(40)47/h3,5-6,11-28,30H,1-2,4,29H2. The van der Waals surface area contributed by atoms with Gasteiger partial charge in [0.25, 0.3) is 0 Å². The fourth-order valence-corrected chi connectivity index (χ4v) is 7.90. The molecule has 2 heterocycles. The molecule has 0 atom stereocenters. The van der Waals surface area contributed by atoms with E-state index in [9.17, 15) is 0 Å². The van der Waals surface area contributed by atoms with Gasteiger partial charge in [0.2, 0.25) is 0 Å². The first-order valence-electron chi connectivity index (χ1n) is 17.5. The summed E-state index contributed by atoms with van der Waals surface area (Å²) in [5.74, 6) is 13.9. The summed E-state index contributed by atoms with van der Waals surface area (Å²) < 4.78 is 6.55. The molecule has 2 aromatic heterocycles. The van der Waals surface area contributed by atoms with E-state index < -0.39 is 0 Å². The second-order valence-electron chi connectivity index (χ2n) is 13.2. The number of hydrogen-bond acceptors (Lipinski definition) is 3. The topological polar surface area (TPSA) is 35.0 Å². The van der Waals surface area contributed by atoms with Crippen LogP contribution in [0.25, 0.3) is 64.6 Å². The van der Waals surface area contributed by atoms with Crippen LogP contribution in [0.4, 0.5) is 0 Å². The van der Waals surface area contributed by atoms with E-state index in [2.05, 4.69) is 100 Å². The number of unbranched alkanes of at least 4 members (excludes halogenated alkanes) is 1. The Hall–Kier alpha value is -6.68. The number of benzene rings is 8. The van der Waals surface area contributed by atoms with Crippen molar-refractivity contribution in [2.24, 2.45) is 0 Å². The highest BCUT2D eigenvalue weighted by Crippen LogP contribution is 2.49. The molecular weight excluding hydrogens is 621 g/mol. The molecule has 0 unspecified atom stereocenters. The summed E-state index contributed by atoms with van der Waals surface area (Å²) >= 11 is 0. The van der Waals surface area contributed by atoms with Crippen LogP contribution in [-0.2, 0) is 6.42 Å².